The highest BCUT2D eigenvalue weighted by Gasteiger charge is 2.59. The topological polar surface area (TPSA) is 234 Å². The molecule has 11 atom stereocenters. The summed E-state index contributed by atoms with van der Waals surface area (Å²) in [5, 5.41) is 58.4. The van der Waals surface area contributed by atoms with Crippen molar-refractivity contribution in [1.82, 2.24) is 0 Å². The molecular formula is C42H64O16. The zero-order valence-electron chi connectivity index (χ0n) is 35.4. The predicted octanol–water partition coefficient (Wildman–Crippen LogP) is 2.84. The van der Waals surface area contributed by atoms with Gasteiger partial charge in [-0.2, -0.15) is 0 Å². The molecule has 58 heavy (non-hydrogen) atoms. The number of ether oxygens (including phenoxy) is 7. The maximum Gasteiger partial charge on any atom is 0.330 e. The van der Waals surface area contributed by atoms with Crippen molar-refractivity contribution in [2.75, 3.05) is 14.2 Å². The van der Waals surface area contributed by atoms with Gasteiger partial charge in [-0.05, 0) is 52.5 Å². The van der Waals surface area contributed by atoms with Gasteiger partial charge >= 0.3 is 23.9 Å². The van der Waals surface area contributed by atoms with E-state index in [-0.39, 0.29) is 50.5 Å². The zero-order valence-corrected chi connectivity index (χ0v) is 35.4. The van der Waals surface area contributed by atoms with E-state index in [1.165, 1.54) is 20.1 Å². The van der Waals surface area contributed by atoms with Gasteiger partial charge in [0, 0.05) is 43.3 Å². The Labute approximate surface area is 340 Å². The standard InChI is InChI=1S/C42H64O16/c1-23(43)31-20-28-16-25(17-34(46)53-10)36(48)42(51,58-28)39(5,6)12-11-27-13-24(15-33(45)52-9)14-30(54-27)22-41(50)40(7,8)32(56-37(49)38(2,3)4)21-29(57-41)18-26(44)19-35(47)55-31/h11-12,15,17,23,26-32,36,43-44,48,50-51H,13-14,16,18-22H2,1-10H3/b12-11+,24-15+,25-17+. The molecule has 0 spiro atoms. The van der Waals surface area contributed by atoms with Crippen molar-refractivity contribution in [2.24, 2.45) is 16.2 Å². The predicted molar refractivity (Wildman–Crippen MR) is 205 cm³/mol. The third-order valence-corrected chi connectivity index (χ3v) is 11.8. The SMILES string of the molecule is COC(=O)/C=C1\CC2/C=C/C(C)(C)C3(O)OC(C/C(=C\C(=O)OC)C3O)CC(C(C)O)OC(=O)CC(O)CC3CC(OC(=O)C(C)(C)C)C(C)(C)C(O)(CC(C1)O2)O3. The van der Waals surface area contributed by atoms with Gasteiger partial charge in [-0.3, -0.25) is 9.59 Å². The fourth-order valence-electron chi connectivity index (χ4n) is 7.92. The number of rotatable bonds is 4. The molecule has 4 aliphatic rings. The molecule has 16 nitrogen and oxygen atoms in total. The Morgan fingerprint density at radius 3 is 2.12 bits per heavy atom. The van der Waals surface area contributed by atoms with E-state index in [0.29, 0.717) is 5.57 Å². The molecule has 0 radical (unpaired) electrons. The molecule has 5 N–H and O–H groups in total. The number of hydrogen-bond acceptors (Lipinski definition) is 16. The van der Waals surface area contributed by atoms with E-state index in [1.807, 2.05) is 0 Å². The first kappa shape index (κ1) is 47.5. The average Bonchev–Trinajstić information content (AvgIpc) is 3.10. The lowest BCUT2D eigenvalue weighted by Crippen LogP contribution is -2.62. The van der Waals surface area contributed by atoms with Crippen molar-refractivity contribution < 1.29 is 77.9 Å². The maximum atomic E-state index is 13.3. The third-order valence-electron chi connectivity index (χ3n) is 11.8. The Morgan fingerprint density at radius 2 is 1.52 bits per heavy atom. The van der Waals surface area contributed by atoms with Crippen LogP contribution in [0.15, 0.2) is 35.5 Å². The number of carbonyl (C=O) groups excluding carboxylic acids is 4. The average molecular weight is 825 g/mol. The number of carbonyl (C=O) groups is 4. The summed E-state index contributed by atoms with van der Waals surface area (Å²) in [4.78, 5) is 51.5. The maximum absolute atomic E-state index is 13.3. The van der Waals surface area contributed by atoms with Crippen LogP contribution in [0.1, 0.15) is 107 Å². The van der Waals surface area contributed by atoms with Crippen LogP contribution in [0, 0.1) is 16.2 Å². The van der Waals surface area contributed by atoms with Crippen molar-refractivity contribution in [1.29, 1.82) is 0 Å². The van der Waals surface area contributed by atoms with Crippen molar-refractivity contribution in [3.8, 4) is 0 Å². The summed E-state index contributed by atoms with van der Waals surface area (Å²) in [6.45, 7) is 13.1. The Kier molecular flexibility index (Phi) is 14.9. The quantitative estimate of drug-likeness (QED) is 0.119. The third kappa shape index (κ3) is 10.9. The smallest absolute Gasteiger partial charge is 0.330 e. The molecule has 4 heterocycles. The Hall–Kier alpha value is -3.22. The lowest BCUT2D eigenvalue weighted by molar-refractivity contribution is -0.349. The van der Waals surface area contributed by atoms with E-state index in [1.54, 1.807) is 60.6 Å². The van der Waals surface area contributed by atoms with E-state index in [0.717, 1.165) is 13.2 Å². The van der Waals surface area contributed by atoms with E-state index < -0.39 is 113 Å². The molecule has 4 aliphatic heterocycles. The van der Waals surface area contributed by atoms with Crippen molar-refractivity contribution in [2.45, 2.75) is 173 Å². The summed E-state index contributed by atoms with van der Waals surface area (Å²) in [6, 6.07) is 0. The first-order valence-corrected chi connectivity index (χ1v) is 19.9. The summed E-state index contributed by atoms with van der Waals surface area (Å²) < 4.78 is 40.6. The van der Waals surface area contributed by atoms with Crippen LogP contribution in [-0.2, 0) is 52.3 Å². The minimum Gasteiger partial charge on any atom is -0.466 e. The molecule has 0 aromatic rings. The lowest BCUT2D eigenvalue weighted by Gasteiger charge is -2.54. The van der Waals surface area contributed by atoms with Crippen LogP contribution in [0.2, 0.25) is 0 Å². The second-order valence-electron chi connectivity index (χ2n) is 18.3. The number of hydrogen-bond donors (Lipinski definition) is 5. The molecule has 4 rings (SSSR count). The molecule has 6 bridgehead atoms. The van der Waals surface area contributed by atoms with Gasteiger partial charge in [-0.15, -0.1) is 0 Å². The molecule has 0 aromatic heterocycles. The number of methoxy groups -OCH3 is 2. The summed E-state index contributed by atoms with van der Waals surface area (Å²) in [6.07, 6.45) is -5.04. The van der Waals surface area contributed by atoms with Crippen LogP contribution in [-0.4, -0.2) is 130 Å². The number of fused-ring (bicyclic) bond motifs is 6. The molecule has 0 saturated carbocycles. The fourth-order valence-corrected chi connectivity index (χ4v) is 7.92. The second kappa shape index (κ2) is 18.2. The van der Waals surface area contributed by atoms with Gasteiger partial charge in [0.2, 0.25) is 5.79 Å². The Balaban J connectivity index is 1.84. The highest BCUT2D eigenvalue weighted by atomic mass is 16.7. The summed E-state index contributed by atoms with van der Waals surface area (Å²) >= 11 is 0. The number of aliphatic hydroxyl groups excluding tert-OH is 3. The minimum absolute atomic E-state index is 0.0754. The van der Waals surface area contributed by atoms with Crippen molar-refractivity contribution in [3.05, 3.63) is 35.5 Å². The summed E-state index contributed by atoms with van der Waals surface area (Å²) in [5.74, 6) is -7.23. The summed E-state index contributed by atoms with van der Waals surface area (Å²) in [5.41, 5.74) is -2.87. The van der Waals surface area contributed by atoms with E-state index in [4.69, 9.17) is 33.2 Å². The van der Waals surface area contributed by atoms with Gasteiger partial charge in [0.25, 0.3) is 0 Å². The number of cyclic esters (lactones) is 1. The van der Waals surface area contributed by atoms with Crippen LogP contribution in [0.25, 0.3) is 0 Å². The van der Waals surface area contributed by atoms with Crippen molar-refractivity contribution >= 4 is 23.9 Å². The monoisotopic (exact) mass is 824 g/mol. The number of aliphatic hydroxyl groups is 5. The highest BCUT2D eigenvalue weighted by Crippen LogP contribution is 2.50. The van der Waals surface area contributed by atoms with Gasteiger partial charge in [-0.25, -0.2) is 9.59 Å². The van der Waals surface area contributed by atoms with Gasteiger partial charge in [0.15, 0.2) is 5.79 Å². The van der Waals surface area contributed by atoms with Gasteiger partial charge in [0.1, 0.15) is 18.3 Å². The Bertz CT molecular complexity index is 1610. The number of esters is 4. The normalized spacial score (nSPS) is 38.4. The van der Waals surface area contributed by atoms with E-state index >= 15 is 0 Å². The van der Waals surface area contributed by atoms with Crippen LogP contribution >= 0.6 is 0 Å². The van der Waals surface area contributed by atoms with Crippen molar-refractivity contribution in [3.63, 3.8) is 0 Å². The highest BCUT2D eigenvalue weighted by molar-refractivity contribution is 5.83. The molecule has 0 aromatic carbocycles. The molecule has 3 fully saturated rings. The molecule has 328 valence electrons. The largest absolute Gasteiger partial charge is 0.466 e. The zero-order chi connectivity index (χ0) is 43.6. The molecule has 11 unspecified atom stereocenters. The van der Waals surface area contributed by atoms with Gasteiger partial charge in [-0.1, -0.05) is 45.4 Å². The molecule has 0 aliphatic carbocycles. The van der Waals surface area contributed by atoms with Crippen LogP contribution < -0.4 is 0 Å². The van der Waals surface area contributed by atoms with E-state index in [9.17, 15) is 44.7 Å². The molecule has 3 saturated heterocycles. The van der Waals surface area contributed by atoms with Crippen LogP contribution in [0.5, 0.6) is 0 Å². The van der Waals surface area contributed by atoms with Crippen LogP contribution in [0.3, 0.4) is 0 Å². The first-order chi connectivity index (χ1) is 26.7. The van der Waals surface area contributed by atoms with Crippen LogP contribution in [0.4, 0.5) is 0 Å². The molecule has 0 amide bonds. The second-order valence-corrected chi connectivity index (χ2v) is 18.3. The Morgan fingerprint density at radius 1 is 0.879 bits per heavy atom. The van der Waals surface area contributed by atoms with Gasteiger partial charge < -0.3 is 58.7 Å². The molecular weight excluding hydrogens is 760 g/mol. The fraction of sp³-hybridized carbons (Fsp3) is 0.762. The van der Waals surface area contributed by atoms with E-state index in [2.05, 4.69) is 0 Å². The lowest BCUT2D eigenvalue weighted by atomic mass is 9.70. The first-order valence-electron chi connectivity index (χ1n) is 19.9. The molecule has 16 heteroatoms. The van der Waals surface area contributed by atoms with Gasteiger partial charge in [0.05, 0.1) is 68.1 Å². The summed E-state index contributed by atoms with van der Waals surface area (Å²) in [7, 11) is 2.41. The minimum atomic E-state index is -2.40.